The number of aryl methyl sites for hydroxylation is 1. The van der Waals surface area contributed by atoms with E-state index in [4.69, 9.17) is 4.74 Å². The van der Waals surface area contributed by atoms with Crippen LogP contribution in [0, 0.1) is 12.8 Å². The molecule has 1 N–H and O–H groups in total. The standard InChI is InChI=1S/C19H21N3O4S/c1-11(2)10-26-18(25)16-12(3)20-19(27-16)21-15(23)9-22-8-13-6-4-5-7-14(13)17(22)24/h4-7,11H,8-10H2,1-3H3,(H,20,21,23). The number of fused-ring (bicyclic) bond motifs is 1. The van der Waals surface area contributed by atoms with Crippen molar-refractivity contribution in [2.24, 2.45) is 5.92 Å². The van der Waals surface area contributed by atoms with Gasteiger partial charge in [0.1, 0.15) is 11.4 Å². The molecule has 0 aliphatic carbocycles. The van der Waals surface area contributed by atoms with Gasteiger partial charge in [-0.05, 0) is 24.5 Å². The molecule has 0 saturated carbocycles. The topological polar surface area (TPSA) is 88.6 Å². The molecule has 1 aliphatic heterocycles. The number of anilines is 1. The van der Waals surface area contributed by atoms with Crippen LogP contribution < -0.4 is 5.32 Å². The molecule has 0 saturated heterocycles. The van der Waals surface area contributed by atoms with Gasteiger partial charge in [0.25, 0.3) is 5.91 Å². The van der Waals surface area contributed by atoms with Crippen LogP contribution in [0.5, 0.6) is 0 Å². The third-order valence-corrected chi connectivity index (χ3v) is 5.06. The zero-order chi connectivity index (χ0) is 19.6. The van der Waals surface area contributed by atoms with Crippen LogP contribution in [0.2, 0.25) is 0 Å². The van der Waals surface area contributed by atoms with Gasteiger partial charge in [0.05, 0.1) is 12.3 Å². The molecule has 2 amide bonds. The van der Waals surface area contributed by atoms with E-state index in [-0.39, 0.29) is 24.3 Å². The zero-order valence-corrected chi connectivity index (χ0v) is 16.3. The van der Waals surface area contributed by atoms with E-state index in [1.807, 2.05) is 26.0 Å². The fourth-order valence-corrected chi connectivity index (χ4v) is 3.60. The highest BCUT2D eigenvalue weighted by atomic mass is 32.1. The first kappa shape index (κ1) is 19.0. The Morgan fingerprint density at radius 2 is 2.07 bits per heavy atom. The van der Waals surface area contributed by atoms with Crippen molar-refractivity contribution in [1.29, 1.82) is 0 Å². The summed E-state index contributed by atoms with van der Waals surface area (Å²) in [5, 5.41) is 2.98. The van der Waals surface area contributed by atoms with Crippen molar-refractivity contribution in [3.05, 3.63) is 46.0 Å². The van der Waals surface area contributed by atoms with Crippen LogP contribution >= 0.6 is 11.3 Å². The maximum absolute atomic E-state index is 12.3. The number of carbonyl (C=O) groups excluding carboxylic acids is 3. The maximum atomic E-state index is 12.3. The van der Waals surface area contributed by atoms with Crippen molar-refractivity contribution in [3.8, 4) is 0 Å². The number of nitrogens with one attached hydrogen (secondary N) is 1. The average molecular weight is 387 g/mol. The molecule has 7 nitrogen and oxygen atoms in total. The zero-order valence-electron chi connectivity index (χ0n) is 15.4. The maximum Gasteiger partial charge on any atom is 0.350 e. The number of ether oxygens (including phenoxy) is 1. The summed E-state index contributed by atoms with van der Waals surface area (Å²) in [6, 6.07) is 7.31. The largest absolute Gasteiger partial charge is 0.461 e. The van der Waals surface area contributed by atoms with Crippen molar-refractivity contribution in [1.82, 2.24) is 9.88 Å². The summed E-state index contributed by atoms with van der Waals surface area (Å²) in [5.41, 5.74) is 2.05. The summed E-state index contributed by atoms with van der Waals surface area (Å²) in [6.45, 7) is 6.27. The first-order chi connectivity index (χ1) is 12.8. The van der Waals surface area contributed by atoms with Crippen LogP contribution in [-0.4, -0.2) is 40.8 Å². The lowest BCUT2D eigenvalue weighted by atomic mass is 10.1. The summed E-state index contributed by atoms with van der Waals surface area (Å²) in [4.78, 5) is 42.8. The third kappa shape index (κ3) is 4.33. The minimum absolute atomic E-state index is 0.0702. The minimum atomic E-state index is -0.440. The quantitative estimate of drug-likeness (QED) is 0.770. The molecule has 8 heteroatoms. The smallest absolute Gasteiger partial charge is 0.350 e. The Morgan fingerprint density at radius 1 is 1.33 bits per heavy atom. The van der Waals surface area contributed by atoms with Gasteiger partial charge >= 0.3 is 5.97 Å². The molecule has 1 aliphatic rings. The van der Waals surface area contributed by atoms with Crippen LogP contribution in [0.25, 0.3) is 0 Å². The van der Waals surface area contributed by atoms with Crippen LogP contribution in [0.15, 0.2) is 24.3 Å². The van der Waals surface area contributed by atoms with Crippen molar-refractivity contribution in [3.63, 3.8) is 0 Å². The lowest BCUT2D eigenvalue weighted by Crippen LogP contribution is -2.33. The van der Waals surface area contributed by atoms with Crippen molar-refractivity contribution >= 4 is 34.3 Å². The van der Waals surface area contributed by atoms with Crippen molar-refractivity contribution < 1.29 is 19.1 Å². The molecular weight excluding hydrogens is 366 g/mol. The van der Waals surface area contributed by atoms with Crippen LogP contribution in [0.3, 0.4) is 0 Å². The second-order valence-corrected chi connectivity index (χ2v) is 7.79. The molecular formula is C19H21N3O4S. The SMILES string of the molecule is Cc1nc(NC(=O)CN2Cc3ccccc3C2=O)sc1C(=O)OCC(C)C. The summed E-state index contributed by atoms with van der Waals surface area (Å²) in [7, 11) is 0. The lowest BCUT2D eigenvalue weighted by molar-refractivity contribution is -0.116. The number of aromatic nitrogens is 1. The average Bonchev–Trinajstić information content (AvgIpc) is 3.13. The van der Waals surface area contributed by atoms with E-state index in [0.717, 1.165) is 16.9 Å². The Hall–Kier alpha value is -2.74. The molecule has 2 heterocycles. The highest BCUT2D eigenvalue weighted by Crippen LogP contribution is 2.25. The van der Waals surface area contributed by atoms with Crippen molar-refractivity contribution in [2.45, 2.75) is 27.3 Å². The fraction of sp³-hybridized carbons (Fsp3) is 0.368. The van der Waals surface area contributed by atoms with Gasteiger partial charge in [-0.2, -0.15) is 0 Å². The molecule has 2 aromatic rings. The summed E-state index contributed by atoms with van der Waals surface area (Å²) in [5.74, 6) is -0.714. The first-order valence-electron chi connectivity index (χ1n) is 8.66. The van der Waals surface area contributed by atoms with Gasteiger partial charge in [-0.15, -0.1) is 0 Å². The van der Waals surface area contributed by atoms with Crippen LogP contribution in [0.1, 0.15) is 45.1 Å². The van der Waals surface area contributed by atoms with E-state index in [9.17, 15) is 14.4 Å². The van der Waals surface area contributed by atoms with E-state index in [0.29, 0.717) is 34.4 Å². The molecule has 0 spiro atoms. The van der Waals surface area contributed by atoms with E-state index < -0.39 is 5.97 Å². The molecule has 27 heavy (non-hydrogen) atoms. The Bertz CT molecular complexity index is 891. The van der Waals surface area contributed by atoms with Gasteiger partial charge in [0.15, 0.2) is 5.13 Å². The van der Waals surface area contributed by atoms with Gasteiger partial charge in [0.2, 0.25) is 5.91 Å². The number of rotatable bonds is 6. The molecule has 0 unspecified atom stereocenters. The molecule has 1 aromatic heterocycles. The van der Waals surface area contributed by atoms with E-state index in [2.05, 4.69) is 10.3 Å². The Kier molecular flexibility index (Phi) is 5.55. The highest BCUT2D eigenvalue weighted by Gasteiger charge is 2.28. The summed E-state index contributed by atoms with van der Waals surface area (Å²) >= 11 is 1.07. The van der Waals surface area contributed by atoms with E-state index in [1.54, 1.807) is 19.1 Å². The molecule has 0 atom stereocenters. The normalized spacial score (nSPS) is 13.0. The predicted octanol–water partition coefficient (Wildman–Crippen LogP) is 2.86. The molecule has 3 rings (SSSR count). The van der Waals surface area contributed by atoms with Gasteiger partial charge in [-0.1, -0.05) is 43.4 Å². The van der Waals surface area contributed by atoms with E-state index in [1.165, 1.54) is 4.90 Å². The third-order valence-electron chi connectivity index (χ3n) is 4.01. The van der Waals surface area contributed by atoms with Gasteiger partial charge < -0.3 is 15.0 Å². The molecule has 0 fully saturated rings. The van der Waals surface area contributed by atoms with Gasteiger partial charge in [0, 0.05) is 12.1 Å². The number of carbonyl (C=O) groups is 3. The lowest BCUT2D eigenvalue weighted by Gasteiger charge is -2.14. The Labute approximate surface area is 161 Å². The number of amides is 2. The highest BCUT2D eigenvalue weighted by molar-refractivity contribution is 7.17. The molecule has 142 valence electrons. The van der Waals surface area contributed by atoms with E-state index >= 15 is 0 Å². The second-order valence-electron chi connectivity index (χ2n) is 6.79. The predicted molar refractivity (Wildman–Crippen MR) is 102 cm³/mol. The number of esters is 1. The molecule has 1 aromatic carbocycles. The van der Waals surface area contributed by atoms with Gasteiger partial charge in [-0.3, -0.25) is 9.59 Å². The van der Waals surface area contributed by atoms with Crippen molar-refractivity contribution in [2.75, 3.05) is 18.5 Å². The Morgan fingerprint density at radius 3 is 2.78 bits per heavy atom. The first-order valence-corrected chi connectivity index (χ1v) is 9.48. The summed E-state index contributed by atoms with van der Waals surface area (Å²) < 4.78 is 5.21. The Balaban J connectivity index is 1.60. The minimum Gasteiger partial charge on any atom is -0.461 e. The van der Waals surface area contributed by atoms with Crippen LogP contribution in [0.4, 0.5) is 5.13 Å². The molecule has 0 radical (unpaired) electrons. The van der Waals surface area contributed by atoms with Crippen LogP contribution in [-0.2, 0) is 16.1 Å². The molecule has 0 bridgehead atoms. The number of thiazole rings is 1. The number of nitrogens with zero attached hydrogens (tertiary/aromatic N) is 2. The number of hydrogen-bond donors (Lipinski definition) is 1. The fourth-order valence-electron chi connectivity index (χ4n) is 2.72. The monoisotopic (exact) mass is 387 g/mol. The second kappa shape index (κ2) is 7.87. The van der Waals surface area contributed by atoms with Gasteiger partial charge in [-0.25, -0.2) is 9.78 Å². The summed E-state index contributed by atoms with van der Waals surface area (Å²) in [6.07, 6.45) is 0. The number of benzene rings is 1. The number of hydrogen-bond acceptors (Lipinski definition) is 6.